The molecule has 5 rings (SSSR count). The third-order valence-corrected chi connectivity index (χ3v) is 4.93. The minimum atomic E-state index is -0.237. The topological polar surface area (TPSA) is 144 Å². The summed E-state index contributed by atoms with van der Waals surface area (Å²) in [7, 11) is 0. The van der Waals surface area contributed by atoms with Gasteiger partial charge in [0.15, 0.2) is 11.6 Å². The number of carbonyl (C=O) groups is 1. The molecule has 0 fully saturated rings. The second-order valence-electron chi connectivity index (χ2n) is 7.67. The second-order valence-corrected chi connectivity index (χ2v) is 7.67. The van der Waals surface area contributed by atoms with Crippen LogP contribution in [0.1, 0.15) is 24.3 Å². The van der Waals surface area contributed by atoms with Gasteiger partial charge in [0, 0.05) is 23.1 Å². The molecule has 0 radical (unpaired) electrons. The highest BCUT2D eigenvalue weighted by Gasteiger charge is 2.14. The number of nitrogens with zero attached hydrogens (tertiary/aromatic N) is 3. The van der Waals surface area contributed by atoms with E-state index in [0.717, 1.165) is 10.9 Å². The van der Waals surface area contributed by atoms with Crippen LogP contribution in [-0.2, 0) is 0 Å². The van der Waals surface area contributed by atoms with Gasteiger partial charge in [-0.25, -0.2) is 9.97 Å². The lowest BCUT2D eigenvalue weighted by Gasteiger charge is -2.09. The highest BCUT2D eigenvalue weighted by atomic mass is 16.2. The molecule has 0 saturated heterocycles. The summed E-state index contributed by atoms with van der Waals surface area (Å²) in [5.41, 5.74) is 2.29. The largest absolute Gasteiger partial charge is 0.349 e. The number of hydrogen-bond acceptors (Lipinski definition) is 6. The first-order valence-electron chi connectivity index (χ1n) is 10.1. The van der Waals surface area contributed by atoms with Crippen LogP contribution in [-0.4, -0.2) is 42.3 Å². The fourth-order valence-electron chi connectivity index (χ4n) is 3.44. The van der Waals surface area contributed by atoms with Gasteiger partial charge in [-0.15, -0.1) is 0 Å². The van der Waals surface area contributed by atoms with E-state index in [4.69, 9.17) is 4.98 Å². The lowest BCUT2D eigenvalue weighted by Crippen LogP contribution is -2.30. The van der Waals surface area contributed by atoms with E-state index in [1.807, 2.05) is 50.2 Å². The van der Waals surface area contributed by atoms with Crippen LogP contribution in [0.25, 0.3) is 33.2 Å². The number of H-pyrrole nitrogens is 3. The number of para-hydroxylation sites is 1. The number of anilines is 2. The zero-order chi connectivity index (χ0) is 22.2. The molecule has 0 aliphatic carbocycles. The Balaban J connectivity index is 1.55. The molecule has 1 amide bonds. The molecule has 32 heavy (non-hydrogen) atoms. The van der Waals surface area contributed by atoms with Gasteiger partial charge in [0.2, 0.25) is 0 Å². The molecular weight excluding hydrogens is 408 g/mol. The van der Waals surface area contributed by atoms with E-state index in [9.17, 15) is 9.59 Å². The Morgan fingerprint density at radius 3 is 2.69 bits per heavy atom. The third-order valence-electron chi connectivity index (χ3n) is 4.93. The Morgan fingerprint density at radius 1 is 1.00 bits per heavy atom. The summed E-state index contributed by atoms with van der Waals surface area (Å²) < 4.78 is 0. The molecule has 2 aromatic carbocycles. The average molecular weight is 428 g/mol. The fraction of sp³-hybridized carbons (Fsp3) is 0.136. The molecule has 10 heteroatoms. The van der Waals surface area contributed by atoms with Crippen LogP contribution >= 0.6 is 0 Å². The highest BCUT2D eigenvalue weighted by molar-refractivity contribution is 5.95. The summed E-state index contributed by atoms with van der Waals surface area (Å²) in [5.74, 6) is 1.21. The molecule has 0 saturated carbocycles. The number of carbonyl (C=O) groups excluding carboxylic acids is 1. The van der Waals surface area contributed by atoms with Gasteiger partial charge >= 0.3 is 0 Å². The van der Waals surface area contributed by atoms with Crippen molar-refractivity contribution in [2.24, 2.45) is 0 Å². The number of amides is 1. The number of fused-ring (bicyclic) bond motifs is 2. The number of aromatic nitrogens is 6. The molecule has 0 aliphatic rings. The van der Waals surface area contributed by atoms with E-state index < -0.39 is 0 Å². The van der Waals surface area contributed by atoms with Crippen LogP contribution in [0.2, 0.25) is 0 Å². The van der Waals surface area contributed by atoms with Gasteiger partial charge in [-0.1, -0.05) is 12.1 Å². The van der Waals surface area contributed by atoms with Crippen molar-refractivity contribution in [3.63, 3.8) is 0 Å². The van der Waals surface area contributed by atoms with Crippen LogP contribution in [0.15, 0.2) is 53.3 Å². The minimum absolute atomic E-state index is 0.0141. The van der Waals surface area contributed by atoms with Crippen LogP contribution in [0, 0.1) is 0 Å². The van der Waals surface area contributed by atoms with Gasteiger partial charge in [0.25, 0.3) is 11.5 Å². The summed E-state index contributed by atoms with van der Waals surface area (Å²) in [6, 6.07) is 14.6. The van der Waals surface area contributed by atoms with Crippen molar-refractivity contribution in [1.82, 2.24) is 35.7 Å². The van der Waals surface area contributed by atoms with Crippen molar-refractivity contribution in [3.05, 3.63) is 64.6 Å². The number of hydrogen-bond donors (Lipinski definition) is 5. The molecule has 0 unspecified atom stereocenters. The van der Waals surface area contributed by atoms with Gasteiger partial charge in [-0.2, -0.15) is 5.10 Å². The summed E-state index contributed by atoms with van der Waals surface area (Å²) in [5, 5.41) is 19.7. The maximum Gasteiger partial charge on any atom is 0.271 e. The van der Waals surface area contributed by atoms with Gasteiger partial charge in [0.1, 0.15) is 11.5 Å². The predicted molar refractivity (Wildman–Crippen MR) is 122 cm³/mol. The van der Waals surface area contributed by atoms with Crippen molar-refractivity contribution in [2.75, 3.05) is 5.32 Å². The van der Waals surface area contributed by atoms with Gasteiger partial charge in [-0.3, -0.25) is 24.9 Å². The zero-order valence-corrected chi connectivity index (χ0v) is 17.4. The zero-order valence-electron chi connectivity index (χ0n) is 17.4. The second kappa shape index (κ2) is 7.65. The molecule has 0 bridgehead atoms. The monoisotopic (exact) mass is 428 g/mol. The summed E-state index contributed by atoms with van der Waals surface area (Å²) in [6.07, 6.45) is 0. The normalized spacial score (nSPS) is 11.3. The van der Waals surface area contributed by atoms with Gasteiger partial charge < -0.3 is 10.6 Å². The summed E-state index contributed by atoms with van der Waals surface area (Å²) >= 11 is 0. The Bertz CT molecular complexity index is 1510. The number of rotatable bonds is 5. The molecule has 3 heterocycles. The van der Waals surface area contributed by atoms with Gasteiger partial charge in [0.05, 0.1) is 16.4 Å². The van der Waals surface area contributed by atoms with E-state index in [1.54, 1.807) is 12.1 Å². The molecule has 10 nitrogen and oxygen atoms in total. The molecule has 0 atom stereocenters. The standard InChI is InChI=1S/C22H20N8O2/c1-11(2)23-22(32)17-10-18(29-28-17)25-20-13-5-3-4-6-15(13)24-19(26-20)12-7-8-16-14(9-12)21(31)30-27-16/h3-11H,1-2H3,(H,23,32)(H2,27,30,31)(H2,24,25,26,28,29). The number of aromatic amines is 3. The van der Waals surface area contributed by atoms with Crippen molar-refractivity contribution >= 4 is 39.3 Å². The molecule has 160 valence electrons. The van der Waals surface area contributed by atoms with E-state index in [2.05, 4.69) is 36.0 Å². The van der Waals surface area contributed by atoms with Crippen molar-refractivity contribution < 1.29 is 4.79 Å². The third kappa shape index (κ3) is 3.58. The van der Waals surface area contributed by atoms with Gasteiger partial charge in [-0.05, 0) is 44.2 Å². The van der Waals surface area contributed by atoms with Crippen molar-refractivity contribution in [1.29, 1.82) is 0 Å². The van der Waals surface area contributed by atoms with Crippen LogP contribution in [0.3, 0.4) is 0 Å². The Hall–Kier alpha value is -4.47. The van der Waals surface area contributed by atoms with Crippen molar-refractivity contribution in [3.8, 4) is 11.4 Å². The van der Waals surface area contributed by atoms with E-state index in [0.29, 0.717) is 39.6 Å². The Morgan fingerprint density at radius 2 is 1.84 bits per heavy atom. The maximum atomic E-state index is 12.2. The molecular formula is C22H20N8O2. The molecule has 5 N–H and O–H groups in total. The van der Waals surface area contributed by atoms with E-state index in [1.165, 1.54) is 0 Å². The highest BCUT2D eigenvalue weighted by Crippen LogP contribution is 2.27. The Labute approximate surface area is 181 Å². The molecule has 0 aliphatic heterocycles. The quantitative estimate of drug-likeness (QED) is 0.291. The number of benzene rings is 2. The van der Waals surface area contributed by atoms with Crippen LogP contribution < -0.4 is 16.2 Å². The van der Waals surface area contributed by atoms with Crippen molar-refractivity contribution in [2.45, 2.75) is 19.9 Å². The fourth-order valence-corrected chi connectivity index (χ4v) is 3.44. The van der Waals surface area contributed by atoms with E-state index in [-0.39, 0.29) is 17.5 Å². The summed E-state index contributed by atoms with van der Waals surface area (Å²) in [4.78, 5) is 33.6. The van der Waals surface area contributed by atoms with E-state index >= 15 is 0 Å². The SMILES string of the molecule is CC(C)NC(=O)c1cc(Nc2nc(-c3ccc4[nH][nH]c(=O)c4c3)nc3ccccc23)n[nH]1. The first-order chi connectivity index (χ1) is 15.5. The summed E-state index contributed by atoms with van der Waals surface area (Å²) in [6.45, 7) is 3.78. The smallest absolute Gasteiger partial charge is 0.271 e. The number of nitrogens with one attached hydrogen (secondary N) is 5. The first kappa shape index (κ1) is 19.5. The minimum Gasteiger partial charge on any atom is -0.349 e. The average Bonchev–Trinajstić information content (AvgIpc) is 3.40. The molecule has 5 aromatic rings. The lowest BCUT2D eigenvalue weighted by molar-refractivity contribution is 0.0938. The predicted octanol–water partition coefficient (Wildman–Crippen LogP) is 3.07. The lowest BCUT2D eigenvalue weighted by atomic mass is 10.1. The van der Waals surface area contributed by atoms with Crippen LogP contribution in [0.5, 0.6) is 0 Å². The maximum absolute atomic E-state index is 12.2. The Kier molecular flexibility index (Phi) is 4.66. The molecule has 0 spiro atoms. The first-order valence-corrected chi connectivity index (χ1v) is 10.1. The molecule has 3 aromatic heterocycles. The van der Waals surface area contributed by atoms with Crippen LogP contribution in [0.4, 0.5) is 11.6 Å².